The minimum absolute atomic E-state index is 0.222. The molecule has 1 aromatic heterocycles. The van der Waals surface area contributed by atoms with Crippen LogP contribution in [0.3, 0.4) is 0 Å². The van der Waals surface area contributed by atoms with Crippen LogP contribution >= 0.6 is 0 Å². The highest BCUT2D eigenvalue weighted by Crippen LogP contribution is 2.20. The second-order valence-electron chi connectivity index (χ2n) is 9.69. The second kappa shape index (κ2) is 18.0. The molecule has 1 heterocycles. The van der Waals surface area contributed by atoms with Gasteiger partial charge in [0.15, 0.2) is 0 Å². The lowest BCUT2D eigenvalue weighted by Crippen LogP contribution is -2.27. The van der Waals surface area contributed by atoms with Crippen LogP contribution in [0.4, 0.5) is 23.5 Å². The predicted octanol–water partition coefficient (Wildman–Crippen LogP) is 3.58. The Morgan fingerprint density at radius 3 is 2.09 bits per heavy atom. The number of hydrogen-bond acceptors (Lipinski definition) is 12. The number of ether oxygens (including phenoxy) is 4. The number of carbonyl (C=O) groups is 1. The van der Waals surface area contributed by atoms with Crippen LogP contribution in [0, 0.1) is 0 Å². The summed E-state index contributed by atoms with van der Waals surface area (Å²) < 4.78 is 21.3. The van der Waals surface area contributed by atoms with E-state index in [1.165, 1.54) is 0 Å². The summed E-state index contributed by atoms with van der Waals surface area (Å²) >= 11 is 0. The molecule has 0 aliphatic heterocycles. The maximum atomic E-state index is 12.7. The van der Waals surface area contributed by atoms with Crippen molar-refractivity contribution in [3.05, 3.63) is 89.5 Å². The van der Waals surface area contributed by atoms with E-state index in [0.717, 1.165) is 22.6 Å². The summed E-state index contributed by atoms with van der Waals surface area (Å²) in [5, 5.41) is 12.6. The first-order valence-corrected chi connectivity index (χ1v) is 14.6. The highest BCUT2D eigenvalue weighted by atomic mass is 16.5. The zero-order valence-electron chi connectivity index (χ0n) is 25.5. The molecule has 0 bridgehead atoms. The van der Waals surface area contributed by atoms with Crippen molar-refractivity contribution in [1.29, 1.82) is 0 Å². The van der Waals surface area contributed by atoms with Crippen molar-refractivity contribution in [3.8, 4) is 11.5 Å². The Balaban J connectivity index is 1.41. The first kappa shape index (κ1) is 32.9. The average molecular weight is 617 g/mol. The van der Waals surface area contributed by atoms with Crippen molar-refractivity contribution in [2.75, 3.05) is 69.7 Å². The third-order valence-electron chi connectivity index (χ3n) is 6.38. The molecule has 238 valence electrons. The third-order valence-corrected chi connectivity index (χ3v) is 6.38. The van der Waals surface area contributed by atoms with E-state index in [9.17, 15) is 4.79 Å². The normalized spacial score (nSPS) is 10.6. The molecule has 4 rings (SSSR count). The molecule has 13 nitrogen and oxygen atoms in total. The van der Waals surface area contributed by atoms with Crippen LogP contribution in [-0.4, -0.2) is 74.6 Å². The molecule has 0 aliphatic carbocycles. The quantitative estimate of drug-likeness (QED) is 0.0974. The van der Waals surface area contributed by atoms with Gasteiger partial charge in [-0.3, -0.25) is 4.79 Å². The Labute approximate surface area is 262 Å². The van der Waals surface area contributed by atoms with Gasteiger partial charge in [0, 0.05) is 37.4 Å². The largest absolute Gasteiger partial charge is 0.497 e. The van der Waals surface area contributed by atoms with Crippen LogP contribution in [-0.2, 0) is 22.6 Å². The van der Waals surface area contributed by atoms with Crippen molar-refractivity contribution in [2.24, 2.45) is 5.73 Å². The number of carbonyl (C=O) groups excluding carboxylic acids is 1. The monoisotopic (exact) mass is 616 g/mol. The highest BCUT2D eigenvalue weighted by molar-refractivity contribution is 5.95. The molecule has 0 fully saturated rings. The Morgan fingerprint density at radius 1 is 0.711 bits per heavy atom. The van der Waals surface area contributed by atoms with Gasteiger partial charge in [0.05, 0.1) is 40.6 Å². The minimum atomic E-state index is -0.222. The van der Waals surface area contributed by atoms with Crippen LogP contribution in [0.1, 0.15) is 21.5 Å². The van der Waals surface area contributed by atoms with Gasteiger partial charge in [0.1, 0.15) is 11.5 Å². The van der Waals surface area contributed by atoms with E-state index in [-0.39, 0.29) is 5.91 Å². The van der Waals surface area contributed by atoms with E-state index in [0.29, 0.717) is 81.7 Å². The summed E-state index contributed by atoms with van der Waals surface area (Å²) in [6.07, 6.45) is 0. The number of anilines is 4. The second-order valence-corrected chi connectivity index (χ2v) is 9.69. The van der Waals surface area contributed by atoms with Gasteiger partial charge in [-0.15, -0.1) is 0 Å². The first-order valence-electron chi connectivity index (χ1n) is 14.6. The van der Waals surface area contributed by atoms with E-state index < -0.39 is 0 Å². The summed E-state index contributed by atoms with van der Waals surface area (Å²) in [5.74, 6) is 2.37. The number of nitrogens with two attached hydrogens (primary N) is 1. The standard InChI is InChI=1S/C32H40N8O5/c1-42-27-11-9-23(10-12-27)21-35-30-38-31(36-22-24-5-3-8-28(19-24)43-2)40-32(39-30)37-26-7-4-6-25(20-26)29(41)34-14-16-45-18-17-44-15-13-33/h3-12,19-20H,13-18,21-22,33H2,1-2H3,(H,34,41)(H3,35,36,37,38,39,40). The molecule has 0 aliphatic rings. The van der Waals surface area contributed by atoms with E-state index in [2.05, 4.69) is 36.2 Å². The Hall–Kier alpha value is -4.98. The van der Waals surface area contributed by atoms with Crippen LogP contribution < -0.4 is 36.5 Å². The number of aromatic nitrogens is 3. The highest BCUT2D eigenvalue weighted by Gasteiger charge is 2.11. The number of nitrogens with one attached hydrogen (secondary N) is 4. The van der Waals surface area contributed by atoms with Crippen LogP contribution in [0.2, 0.25) is 0 Å². The van der Waals surface area contributed by atoms with Gasteiger partial charge in [0.25, 0.3) is 5.91 Å². The molecule has 3 aromatic carbocycles. The fourth-order valence-electron chi connectivity index (χ4n) is 4.09. The Morgan fingerprint density at radius 2 is 1.38 bits per heavy atom. The average Bonchev–Trinajstić information content (AvgIpc) is 3.08. The van der Waals surface area contributed by atoms with Crippen molar-refractivity contribution in [1.82, 2.24) is 20.3 Å². The lowest BCUT2D eigenvalue weighted by Gasteiger charge is -2.13. The number of rotatable bonds is 19. The molecular formula is C32H40N8O5. The van der Waals surface area contributed by atoms with Crippen molar-refractivity contribution in [3.63, 3.8) is 0 Å². The van der Waals surface area contributed by atoms with E-state index in [4.69, 9.17) is 24.7 Å². The predicted molar refractivity (Wildman–Crippen MR) is 173 cm³/mol. The summed E-state index contributed by atoms with van der Waals surface area (Å²) in [6, 6.07) is 22.6. The van der Waals surface area contributed by atoms with Crippen LogP contribution in [0.25, 0.3) is 0 Å². The zero-order chi connectivity index (χ0) is 31.7. The smallest absolute Gasteiger partial charge is 0.251 e. The maximum absolute atomic E-state index is 12.7. The van der Waals surface area contributed by atoms with Gasteiger partial charge in [-0.1, -0.05) is 30.3 Å². The summed E-state index contributed by atoms with van der Waals surface area (Å²) in [4.78, 5) is 26.4. The van der Waals surface area contributed by atoms with Crippen LogP contribution in [0.5, 0.6) is 11.5 Å². The molecule has 0 unspecified atom stereocenters. The molecule has 0 atom stereocenters. The number of benzene rings is 3. The number of methoxy groups -OCH3 is 2. The molecule has 6 N–H and O–H groups in total. The summed E-state index contributed by atoms with van der Waals surface area (Å²) in [6.45, 7) is 3.58. The number of nitrogens with zero attached hydrogens (tertiary/aromatic N) is 3. The molecular weight excluding hydrogens is 576 g/mol. The van der Waals surface area contributed by atoms with Gasteiger partial charge in [-0.2, -0.15) is 15.0 Å². The van der Waals surface area contributed by atoms with Crippen molar-refractivity contribution in [2.45, 2.75) is 13.1 Å². The molecule has 0 saturated heterocycles. The molecule has 4 aromatic rings. The van der Waals surface area contributed by atoms with E-state index in [1.54, 1.807) is 32.4 Å². The maximum Gasteiger partial charge on any atom is 0.251 e. The third kappa shape index (κ3) is 11.2. The fourth-order valence-corrected chi connectivity index (χ4v) is 4.09. The SMILES string of the molecule is COc1ccc(CNc2nc(NCc3cccc(OC)c3)nc(Nc3cccc(C(=O)NCCOCCOCCN)c3)n2)cc1. The summed E-state index contributed by atoms with van der Waals surface area (Å²) in [7, 11) is 3.27. The lowest BCUT2D eigenvalue weighted by molar-refractivity contribution is 0.0511. The molecule has 0 radical (unpaired) electrons. The fraction of sp³-hybridized carbons (Fsp3) is 0.312. The van der Waals surface area contributed by atoms with E-state index in [1.807, 2.05) is 54.6 Å². The topological polar surface area (TPSA) is 167 Å². The lowest BCUT2D eigenvalue weighted by atomic mass is 10.2. The molecule has 13 heteroatoms. The Bertz CT molecular complexity index is 1490. The molecule has 0 saturated carbocycles. The number of amides is 1. The van der Waals surface area contributed by atoms with Gasteiger partial charge in [-0.25, -0.2) is 0 Å². The van der Waals surface area contributed by atoms with Gasteiger partial charge < -0.3 is 45.9 Å². The summed E-state index contributed by atoms with van der Waals surface area (Å²) in [5.41, 5.74) is 8.54. The molecule has 1 amide bonds. The zero-order valence-corrected chi connectivity index (χ0v) is 25.5. The molecule has 0 spiro atoms. The van der Waals surface area contributed by atoms with Crippen molar-refractivity contribution >= 4 is 29.4 Å². The first-order chi connectivity index (χ1) is 22.1. The van der Waals surface area contributed by atoms with E-state index >= 15 is 0 Å². The van der Waals surface area contributed by atoms with Gasteiger partial charge in [-0.05, 0) is 53.6 Å². The van der Waals surface area contributed by atoms with Gasteiger partial charge >= 0.3 is 0 Å². The molecule has 45 heavy (non-hydrogen) atoms. The van der Waals surface area contributed by atoms with Gasteiger partial charge in [0.2, 0.25) is 17.8 Å². The van der Waals surface area contributed by atoms with Crippen molar-refractivity contribution < 1.29 is 23.7 Å². The Kier molecular flexibility index (Phi) is 13.1. The number of hydrogen-bond donors (Lipinski definition) is 5. The minimum Gasteiger partial charge on any atom is -0.497 e. The van der Waals surface area contributed by atoms with Crippen LogP contribution in [0.15, 0.2) is 72.8 Å².